The molecule has 1 fully saturated rings. The molecule has 98 valence electrons. The topological polar surface area (TPSA) is 32.3 Å². The molecule has 18 heavy (non-hydrogen) atoms. The van der Waals surface area contributed by atoms with E-state index in [4.69, 9.17) is 0 Å². The van der Waals surface area contributed by atoms with Gasteiger partial charge in [0.15, 0.2) is 0 Å². The molecule has 0 atom stereocenters. The lowest BCUT2D eigenvalue weighted by atomic mass is 10.1. The Morgan fingerprint density at radius 2 is 2.06 bits per heavy atom. The number of halogens is 1. The Morgan fingerprint density at radius 3 is 2.78 bits per heavy atom. The molecule has 0 bridgehead atoms. The first-order chi connectivity index (χ1) is 8.75. The molecule has 1 aliphatic heterocycles. The lowest BCUT2D eigenvalue weighted by Crippen LogP contribution is -2.40. The molecule has 3 nitrogen and oxygen atoms in total. The van der Waals surface area contributed by atoms with Crippen molar-refractivity contribution >= 4 is 21.8 Å². The Balaban J connectivity index is 1.73. The van der Waals surface area contributed by atoms with Crippen molar-refractivity contribution in [3.8, 4) is 0 Å². The van der Waals surface area contributed by atoms with Gasteiger partial charge in [0.1, 0.15) is 0 Å². The van der Waals surface area contributed by atoms with E-state index in [1.807, 2.05) is 17.0 Å². The van der Waals surface area contributed by atoms with E-state index in [-0.39, 0.29) is 5.91 Å². The van der Waals surface area contributed by atoms with E-state index >= 15 is 0 Å². The number of likely N-dealkylation sites (tertiary alicyclic amines) is 1. The molecule has 0 aromatic heterocycles. The van der Waals surface area contributed by atoms with Gasteiger partial charge in [0.05, 0.1) is 6.54 Å². The van der Waals surface area contributed by atoms with Gasteiger partial charge in [0.25, 0.3) is 0 Å². The molecule has 4 heteroatoms. The van der Waals surface area contributed by atoms with Crippen LogP contribution >= 0.6 is 15.9 Å². The number of hydrogen-bond donors (Lipinski definition) is 1. The zero-order valence-electron chi connectivity index (χ0n) is 10.5. The monoisotopic (exact) mass is 310 g/mol. The van der Waals surface area contributed by atoms with E-state index in [1.165, 1.54) is 12.0 Å². The molecule has 0 unspecified atom stereocenters. The van der Waals surface area contributed by atoms with Gasteiger partial charge in [0.2, 0.25) is 5.91 Å². The third-order valence-corrected chi connectivity index (χ3v) is 3.70. The summed E-state index contributed by atoms with van der Waals surface area (Å²) in [6.45, 7) is 3.03. The molecule has 1 aromatic carbocycles. The number of amides is 1. The Kier molecular flexibility index (Phi) is 5.20. The minimum atomic E-state index is 0.227. The summed E-state index contributed by atoms with van der Waals surface area (Å²) in [5, 5.41) is 3.21. The first-order valence-corrected chi connectivity index (χ1v) is 7.28. The van der Waals surface area contributed by atoms with Gasteiger partial charge >= 0.3 is 0 Å². The van der Waals surface area contributed by atoms with Crippen LogP contribution in [0.3, 0.4) is 0 Å². The second kappa shape index (κ2) is 6.90. The molecule has 1 heterocycles. The van der Waals surface area contributed by atoms with Crippen molar-refractivity contribution in [2.45, 2.75) is 25.8 Å². The molecule has 1 saturated heterocycles. The third kappa shape index (κ3) is 4.10. The Labute approximate surface area is 117 Å². The highest BCUT2D eigenvalue weighted by Gasteiger charge is 2.15. The van der Waals surface area contributed by atoms with Crippen molar-refractivity contribution in [1.82, 2.24) is 10.2 Å². The SMILES string of the molecule is O=C(CNCc1cccc(Br)c1)N1CCCCC1. The molecule has 0 radical (unpaired) electrons. The minimum Gasteiger partial charge on any atom is -0.342 e. The van der Waals surface area contributed by atoms with E-state index in [0.29, 0.717) is 6.54 Å². The quantitative estimate of drug-likeness (QED) is 0.927. The smallest absolute Gasteiger partial charge is 0.236 e. The van der Waals surface area contributed by atoms with Crippen molar-refractivity contribution in [1.29, 1.82) is 0 Å². The maximum atomic E-state index is 11.9. The molecular formula is C14H19BrN2O. The Hall–Kier alpha value is -0.870. The van der Waals surface area contributed by atoms with E-state index < -0.39 is 0 Å². The fourth-order valence-corrected chi connectivity index (χ4v) is 2.66. The standard InChI is InChI=1S/C14H19BrN2O/c15-13-6-4-5-12(9-13)10-16-11-14(18)17-7-2-1-3-8-17/h4-6,9,16H,1-3,7-8,10-11H2. The van der Waals surface area contributed by atoms with Crippen LogP contribution in [0.25, 0.3) is 0 Å². The van der Waals surface area contributed by atoms with Crippen LogP contribution in [-0.4, -0.2) is 30.4 Å². The van der Waals surface area contributed by atoms with Crippen LogP contribution in [0, 0.1) is 0 Å². The summed E-state index contributed by atoms with van der Waals surface area (Å²) in [4.78, 5) is 13.9. The molecule has 0 saturated carbocycles. The number of benzene rings is 1. The second-order valence-corrected chi connectivity index (χ2v) is 5.59. The fourth-order valence-electron chi connectivity index (χ4n) is 2.22. The fraction of sp³-hybridized carbons (Fsp3) is 0.500. The number of nitrogens with one attached hydrogen (secondary N) is 1. The largest absolute Gasteiger partial charge is 0.342 e. The molecular weight excluding hydrogens is 292 g/mol. The molecule has 2 rings (SSSR count). The summed E-state index contributed by atoms with van der Waals surface area (Å²) < 4.78 is 1.07. The van der Waals surface area contributed by atoms with Crippen LogP contribution in [0.5, 0.6) is 0 Å². The van der Waals surface area contributed by atoms with Crippen LogP contribution in [-0.2, 0) is 11.3 Å². The highest BCUT2D eigenvalue weighted by atomic mass is 79.9. The van der Waals surface area contributed by atoms with Crippen LogP contribution < -0.4 is 5.32 Å². The van der Waals surface area contributed by atoms with Crippen LogP contribution in [0.15, 0.2) is 28.7 Å². The first kappa shape index (κ1) is 13.6. The minimum absolute atomic E-state index is 0.227. The summed E-state index contributed by atoms with van der Waals surface area (Å²) in [5.74, 6) is 0.227. The van der Waals surface area contributed by atoms with Crippen LogP contribution in [0.1, 0.15) is 24.8 Å². The van der Waals surface area contributed by atoms with Crippen molar-refractivity contribution in [2.24, 2.45) is 0 Å². The summed E-state index contributed by atoms with van der Waals surface area (Å²) in [6, 6.07) is 8.14. The van der Waals surface area contributed by atoms with E-state index in [2.05, 4.69) is 33.4 Å². The number of nitrogens with zero attached hydrogens (tertiary/aromatic N) is 1. The van der Waals surface area contributed by atoms with Crippen LogP contribution in [0.4, 0.5) is 0 Å². The summed E-state index contributed by atoms with van der Waals surface area (Å²) in [6.07, 6.45) is 3.56. The third-order valence-electron chi connectivity index (χ3n) is 3.20. The van der Waals surface area contributed by atoms with Crippen molar-refractivity contribution in [3.63, 3.8) is 0 Å². The van der Waals surface area contributed by atoms with Gasteiger partial charge in [-0.2, -0.15) is 0 Å². The summed E-state index contributed by atoms with van der Waals surface area (Å²) in [7, 11) is 0. The predicted octanol–water partition coefficient (Wildman–Crippen LogP) is 2.55. The van der Waals surface area contributed by atoms with Crippen molar-refractivity contribution < 1.29 is 4.79 Å². The van der Waals surface area contributed by atoms with Crippen molar-refractivity contribution in [3.05, 3.63) is 34.3 Å². The van der Waals surface area contributed by atoms with Gasteiger partial charge in [-0.1, -0.05) is 28.1 Å². The van der Waals surface area contributed by atoms with E-state index in [0.717, 1.165) is 36.9 Å². The number of carbonyl (C=O) groups is 1. The summed E-state index contributed by atoms with van der Waals surface area (Å²) >= 11 is 3.44. The molecule has 1 aliphatic rings. The van der Waals surface area contributed by atoms with Gasteiger partial charge in [-0.05, 0) is 37.0 Å². The average molecular weight is 311 g/mol. The molecule has 1 amide bonds. The Morgan fingerprint density at radius 1 is 1.28 bits per heavy atom. The number of carbonyl (C=O) groups excluding carboxylic acids is 1. The van der Waals surface area contributed by atoms with Gasteiger partial charge < -0.3 is 10.2 Å². The molecule has 0 aliphatic carbocycles. The van der Waals surface area contributed by atoms with Crippen molar-refractivity contribution in [2.75, 3.05) is 19.6 Å². The van der Waals surface area contributed by atoms with E-state index in [9.17, 15) is 4.79 Å². The summed E-state index contributed by atoms with van der Waals surface area (Å²) in [5.41, 5.74) is 1.19. The first-order valence-electron chi connectivity index (χ1n) is 6.48. The lowest BCUT2D eigenvalue weighted by Gasteiger charge is -2.26. The maximum Gasteiger partial charge on any atom is 0.236 e. The molecule has 1 N–H and O–H groups in total. The lowest BCUT2D eigenvalue weighted by molar-refractivity contribution is -0.131. The molecule has 1 aromatic rings. The number of hydrogen-bond acceptors (Lipinski definition) is 2. The number of piperidine rings is 1. The highest BCUT2D eigenvalue weighted by molar-refractivity contribution is 9.10. The van der Waals surface area contributed by atoms with Gasteiger partial charge in [0, 0.05) is 24.1 Å². The second-order valence-electron chi connectivity index (χ2n) is 4.67. The number of rotatable bonds is 4. The average Bonchev–Trinajstić information content (AvgIpc) is 2.40. The van der Waals surface area contributed by atoms with Gasteiger partial charge in [-0.25, -0.2) is 0 Å². The maximum absolute atomic E-state index is 11.9. The van der Waals surface area contributed by atoms with Crippen LogP contribution in [0.2, 0.25) is 0 Å². The highest BCUT2D eigenvalue weighted by Crippen LogP contribution is 2.11. The molecule has 0 spiro atoms. The normalized spacial score (nSPS) is 15.7. The predicted molar refractivity (Wildman–Crippen MR) is 76.3 cm³/mol. The van der Waals surface area contributed by atoms with Gasteiger partial charge in [-0.3, -0.25) is 4.79 Å². The zero-order valence-corrected chi connectivity index (χ0v) is 12.1. The van der Waals surface area contributed by atoms with E-state index in [1.54, 1.807) is 0 Å². The zero-order chi connectivity index (χ0) is 12.8. The van der Waals surface area contributed by atoms with Gasteiger partial charge in [-0.15, -0.1) is 0 Å². The Bertz CT molecular complexity index is 403.